The van der Waals surface area contributed by atoms with Gasteiger partial charge in [0.15, 0.2) is 0 Å². The molecule has 0 spiro atoms. The van der Waals surface area contributed by atoms with Crippen molar-refractivity contribution >= 4 is 16.7 Å². The molecule has 0 radical (unpaired) electrons. The number of aromatic nitrogens is 3. The van der Waals surface area contributed by atoms with Crippen LogP contribution in [0.15, 0.2) is 60.8 Å². The lowest BCUT2D eigenvalue weighted by molar-refractivity contribution is 0.630. The molecule has 0 aliphatic carbocycles. The second kappa shape index (κ2) is 7.19. The molecule has 0 aliphatic heterocycles. The van der Waals surface area contributed by atoms with Crippen LogP contribution in [0.1, 0.15) is 13.3 Å². The summed E-state index contributed by atoms with van der Waals surface area (Å²) in [5, 5.41) is 8.86. The number of aryl methyl sites for hydroxylation is 1. The summed E-state index contributed by atoms with van der Waals surface area (Å²) in [5.74, 6) is 0.587. The maximum absolute atomic E-state index is 14.4. The second-order valence-electron chi connectivity index (χ2n) is 6.54. The van der Waals surface area contributed by atoms with Crippen LogP contribution in [0.5, 0.6) is 0 Å². The maximum atomic E-state index is 14.4. The monoisotopic (exact) mass is 360 g/mol. The van der Waals surface area contributed by atoms with Gasteiger partial charge in [-0.2, -0.15) is 5.10 Å². The Morgan fingerprint density at radius 1 is 0.963 bits per heavy atom. The Morgan fingerprint density at radius 3 is 2.59 bits per heavy atom. The van der Waals surface area contributed by atoms with E-state index in [1.54, 1.807) is 16.8 Å². The van der Waals surface area contributed by atoms with E-state index in [2.05, 4.69) is 23.4 Å². The summed E-state index contributed by atoms with van der Waals surface area (Å²) in [4.78, 5) is 4.71. The normalized spacial score (nSPS) is 11.1. The molecule has 0 aliphatic rings. The van der Waals surface area contributed by atoms with Crippen molar-refractivity contribution in [3.63, 3.8) is 0 Å². The zero-order valence-corrected chi connectivity index (χ0v) is 15.4. The molecule has 2 aromatic carbocycles. The highest BCUT2D eigenvalue weighted by atomic mass is 19.1. The number of pyridine rings is 1. The van der Waals surface area contributed by atoms with Gasteiger partial charge in [0, 0.05) is 36.3 Å². The SMILES string of the molecule is CCCNc1ccc2c(-c3cn(C)nc3-c3ccccc3F)cccc2n1. The molecule has 27 heavy (non-hydrogen) atoms. The van der Waals surface area contributed by atoms with Crippen LogP contribution < -0.4 is 5.32 Å². The highest BCUT2D eigenvalue weighted by molar-refractivity contribution is 5.98. The van der Waals surface area contributed by atoms with E-state index in [1.807, 2.05) is 43.6 Å². The third-order valence-electron chi connectivity index (χ3n) is 4.54. The Morgan fingerprint density at radius 2 is 1.78 bits per heavy atom. The lowest BCUT2D eigenvalue weighted by Gasteiger charge is -2.09. The Balaban J connectivity index is 1.87. The van der Waals surface area contributed by atoms with Gasteiger partial charge >= 0.3 is 0 Å². The first-order chi connectivity index (χ1) is 13.2. The quantitative estimate of drug-likeness (QED) is 0.528. The van der Waals surface area contributed by atoms with Gasteiger partial charge in [-0.3, -0.25) is 4.68 Å². The summed E-state index contributed by atoms with van der Waals surface area (Å²) >= 11 is 0. The molecule has 5 heteroatoms. The van der Waals surface area contributed by atoms with Crippen LogP contribution in [-0.2, 0) is 7.05 Å². The predicted octanol–water partition coefficient (Wildman–Crippen LogP) is 5.26. The zero-order chi connectivity index (χ0) is 18.8. The minimum Gasteiger partial charge on any atom is -0.370 e. The van der Waals surface area contributed by atoms with E-state index < -0.39 is 0 Å². The summed E-state index contributed by atoms with van der Waals surface area (Å²) in [7, 11) is 1.85. The van der Waals surface area contributed by atoms with Crippen molar-refractivity contribution in [2.75, 3.05) is 11.9 Å². The minimum absolute atomic E-state index is 0.276. The van der Waals surface area contributed by atoms with E-state index >= 15 is 0 Å². The van der Waals surface area contributed by atoms with Crippen LogP contribution in [0.25, 0.3) is 33.3 Å². The molecule has 0 unspecified atom stereocenters. The molecule has 0 fully saturated rings. The summed E-state index contributed by atoms with van der Waals surface area (Å²) in [5.41, 5.74) is 3.92. The maximum Gasteiger partial charge on any atom is 0.132 e. The third kappa shape index (κ3) is 3.28. The largest absolute Gasteiger partial charge is 0.370 e. The van der Waals surface area contributed by atoms with E-state index in [0.717, 1.165) is 40.8 Å². The number of hydrogen-bond acceptors (Lipinski definition) is 3. The Bertz CT molecular complexity index is 1100. The number of anilines is 1. The molecular formula is C22H21FN4. The predicted molar refractivity (Wildman–Crippen MR) is 108 cm³/mol. The molecule has 4 aromatic rings. The molecule has 1 N–H and O–H groups in total. The van der Waals surface area contributed by atoms with Crippen LogP contribution in [-0.4, -0.2) is 21.3 Å². The summed E-state index contributed by atoms with van der Waals surface area (Å²) in [6, 6.07) is 16.8. The Hall–Kier alpha value is -3.21. The highest BCUT2D eigenvalue weighted by Crippen LogP contribution is 2.36. The summed E-state index contributed by atoms with van der Waals surface area (Å²) in [6.45, 7) is 3.01. The minimum atomic E-state index is -0.276. The van der Waals surface area contributed by atoms with Crippen LogP contribution in [0.2, 0.25) is 0 Å². The van der Waals surface area contributed by atoms with E-state index in [4.69, 9.17) is 4.98 Å². The average Bonchev–Trinajstić information content (AvgIpc) is 3.07. The molecule has 0 saturated carbocycles. The fraction of sp³-hybridized carbons (Fsp3) is 0.182. The number of rotatable bonds is 5. The van der Waals surface area contributed by atoms with Crippen molar-refractivity contribution < 1.29 is 4.39 Å². The number of hydrogen-bond donors (Lipinski definition) is 1. The molecule has 4 nitrogen and oxygen atoms in total. The number of halogens is 1. The highest BCUT2D eigenvalue weighted by Gasteiger charge is 2.17. The lowest BCUT2D eigenvalue weighted by Crippen LogP contribution is -2.01. The number of nitrogens with one attached hydrogen (secondary N) is 1. The van der Waals surface area contributed by atoms with Gasteiger partial charge in [-0.25, -0.2) is 9.37 Å². The molecule has 0 amide bonds. The van der Waals surface area contributed by atoms with E-state index in [-0.39, 0.29) is 5.82 Å². The third-order valence-corrected chi connectivity index (χ3v) is 4.54. The van der Waals surface area contributed by atoms with Crippen molar-refractivity contribution in [3.05, 3.63) is 66.6 Å². The summed E-state index contributed by atoms with van der Waals surface area (Å²) < 4.78 is 16.1. The van der Waals surface area contributed by atoms with Gasteiger partial charge in [0.2, 0.25) is 0 Å². The molecule has 2 aromatic heterocycles. The van der Waals surface area contributed by atoms with Gasteiger partial charge in [-0.05, 0) is 42.3 Å². The Labute approximate surface area is 157 Å². The van der Waals surface area contributed by atoms with E-state index in [9.17, 15) is 4.39 Å². The lowest BCUT2D eigenvalue weighted by atomic mass is 9.98. The average molecular weight is 360 g/mol. The molecule has 4 rings (SSSR count). The molecule has 0 atom stereocenters. The zero-order valence-electron chi connectivity index (χ0n) is 15.4. The second-order valence-corrected chi connectivity index (χ2v) is 6.54. The molecule has 0 bridgehead atoms. The molecule has 2 heterocycles. The first-order valence-electron chi connectivity index (χ1n) is 9.10. The number of fused-ring (bicyclic) bond motifs is 1. The van der Waals surface area contributed by atoms with Crippen LogP contribution in [0, 0.1) is 5.82 Å². The van der Waals surface area contributed by atoms with Crippen LogP contribution in [0.3, 0.4) is 0 Å². The first kappa shape index (κ1) is 17.2. The molecule has 136 valence electrons. The van der Waals surface area contributed by atoms with Crippen molar-refractivity contribution in [2.45, 2.75) is 13.3 Å². The fourth-order valence-corrected chi connectivity index (χ4v) is 3.28. The van der Waals surface area contributed by atoms with E-state index in [0.29, 0.717) is 11.3 Å². The number of nitrogens with zero attached hydrogens (tertiary/aromatic N) is 3. The van der Waals surface area contributed by atoms with Crippen LogP contribution >= 0.6 is 0 Å². The molecular weight excluding hydrogens is 339 g/mol. The van der Waals surface area contributed by atoms with Crippen molar-refractivity contribution in [1.29, 1.82) is 0 Å². The summed E-state index contributed by atoms with van der Waals surface area (Å²) in [6.07, 6.45) is 2.97. The van der Waals surface area contributed by atoms with Gasteiger partial charge in [-0.1, -0.05) is 31.2 Å². The smallest absolute Gasteiger partial charge is 0.132 e. The van der Waals surface area contributed by atoms with Gasteiger partial charge in [0.1, 0.15) is 17.3 Å². The van der Waals surface area contributed by atoms with Crippen molar-refractivity contribution in [2.24, 2.45) is 7.05 Å². The standard InChI is InChI=1S/C22H21FN4/c1-3-13-24-21-12-11-16-15(8-6-10-20(16)25-21)18-14-27(2)26-22(18)17-7-4-5-9-19(17)23/h4-12,14H,3,13H2,1-2H3,(H,24,25). The van der Waals surface area contributed by atoms with Crippen molar-refractivity contribution in [3.8, 4) is 22.4 Å². The topological polar surface area (TPSA) is 42.7 Å². The van der Waals surface area contributed by atoms with Crippen molar-refractivity contribution in [1.82, 2.24) is 14.8 Å². The number of benzene rings is 2. The van der Waals surface area contributed by atoms with E-state index in [1.165, 1.54) is 6.07 Å². The fourth-order valence-electron chi connectivity index (χ4n) is 3.28. The van der Waals surface area contributed by atoms with Crippen LogP contribution in [0.4, 0.5) is 10.2 Å². The van der Waals surface area contributed by atoms with Gasteiger partial charge in [0.25, 0.3) is 0 Å². The Kier molecular flexibility index (Phi) is 4.59. The van der Waals surface area contributed by atoms with Gasteiger partial charge < -0.3 is 5.32 Å². The van der Waals surface area contributed by atoms with Gasteiger partial charge in [0.05, 0.1) is 5.52 Å². The first-order valence-corrected chi connectivity index (χ1v) is 9.10. The molecule has 0 saturated heterocycles. The van der Waals surface area contributed by atoms with Gasteiger partial charge in [-0.15, -0.1) is 0 Å².